The summed E-state index contributed by atoms with van der Waals surface area (Å²) in [5, 5.41) is 2.87. The van der Waals surface area contributed by atoms with Crippen LogP contribution in [-0.4, -0.2) is 65.1 Å². The predicted molar refractivity (Wildman–Crippen MR) is 189 cm³/mol. The summed E-state index contributed by atoms with van der Waals surface area (Å²) in [6, 6.07) is 26.6. The van der Waals surface area contributed by atoms with Crippen molar-refractivity contribution in [1.29, 1.82) is 0 Å². The minimum absolute atomic E-state index is 0.0638. The van der Waals surface area contributed by atoms with E-state index in [9.17, 15) is 18.0 Å². The van der Waals surface area contributed by atoms with Crippen LogP contribution in [0.3, 0.4) is 0 Å². The van der Waals surface area contributed by atoms with Crippen LogP contribution in [0.5, 0.6) is 17.2 Å². The summed E-state index contributed by atoms with van der Waals surface area (Å²) in [6.45, 7) is 3.92. The van der Waals surface area contributed by atoms with Gasteiger partial charge in [0, 0.05) is 30.0 Å². The van der Waals surface area contributed by atoms with Gasteiger partial charge in [-0.3, -0.25) is 13.9 Å². The lowest BCUT2D eigenvalue weighted by atomic mass is 10.0. The SMILES string of the molecule is CCNC(=O)[C@@H](Cc1ccccc1)N(Cc1ccc(Br)cc1)C(=O)CN(c1ccc(OCC)cc1)S(=O)(=O)c1ccc(OC)c(OC)c1. The van der Waals surface area contributed by atoms with E-state index in [1.54, 1.807) is 24.3 Å². The van der Waals surface area contributed by atoms with E-state index in [4.69, 9.17) is 14.2 Å². The number of carbonyl (C=O) groups is 2. The largest absolute Gasteiger partial charge is 0.494 e. The monoisotopic (exact) mass is 737 g/mol. The highest BCUT2D eigenvalue weighted by atomic mass is 79.9. The lowest BCUT2D eigenvalue weighted by Gasteiger charge is -2.34. The summed E-state index contributed by atoms with van der Waals surface area (Å²) >= 11 is 3.45. The van der Waals surface area contributed by atoms with Crippen molar-refractivity contribution in [2.75, 3.05) is 38.2 Å². The van der Waals surface area contributed by atoms with Gasteiger partial charge in [-0.05, 0) is 73.5 Å². The van der Waals surface area contributed by atoms with Crippen molar-refractivity contribution in [3.8, 4) is 17.2 Å². The highest BCUT2D eigenvalue weighted by Gasteiger charge is 2.35. The van der Waals surface area contributed by atoms with Gasteiger partial charge in [-0.2, -0.15) is 0 Å². The number of amides is 2. The number of anilines is 1. The molecule has 4 rings (SSSR count). The number of methoxy groups -OCH3 is 2. The van der Waals surface area contributed by atoms with Gasteiger partial charge in [0.25, 0.3) is 10.0 Å². The Morgan fingerprint density at radius 3 is 2.10 bits per heavy atom. The van der Waals surface area contributed by atoms with E-state index in [0.29, 0.717) is 24.7 Å². The molecule has 1 atom stereocenters. The minimum atomic E-state index is -4.36. The van der Waals surface area contributed by atoms with Gasteiger partial charge in [0.15, 0.2) is 11.5 Å². The molecular weight excluding hydrogens is 698 g/mol. The molecule has 0 radical (unpaired) electrons. The van der Waals surface area contributed by atoms with Gasteiger partial charge < -0.3 is 24.4 Å². The van der Waals surface area contributed by atoms with E-state index in [2.05, 4.69) is 21.2 Å². The van der Waals surface area contributed by atoms with Gasteiger partial charge in [0.05, 0.1) is 31.4 Å². The molecule has 4 aromatic carbocycles. The van der Waals surface area contributed by atoms with E-state index < -0.39 is 28.5 Å². The first-order chi connectivity index (χ1) is 23.1. The van der Waals surface area contributed by atoms with Gasteiger partial charge in [0.1, 0.15) is 18.3 Å². The lowest BCUT2D eigenvalue weighted by Crippen LogP contribution is -2.53. The van der Waals surface area contributed by atoms with Crippen molar-refractivity contribution in [1.82, 2.24) is 10.2 Å². The van der Waals surface area contributed by atoms with Crippen molar-refractivity contribution >= 4 is 43.5 Å². The van der Waals surface area contributed by atoms with Crippen molar-refractivity contribution < 1.29 is 32.2 Å². The maximum atomic E-state index is 14.6. The molecule has 10 nitrogen and oxygen atoms in total. The van der Waals surface area contributed by atoms with E-state index in [1.165, 1.54) is 37.3 Å². The maximum Gasteiger partial charge on any atom is 0.264 e. The Hall–Kier alpha value is -4.55. The highest BCUT2D eigenvalue weighted by molar-refractivity contribution is 9.10. The second-order valence-electron chi connectivity index (χ2n) is 10.7. The number of hydrogen-bond acceptors (Lipinski definition) is 7. The predicted octanol–water partition coefficient (Wildman–Crippen LogP) is 5.84. The van der Waals surface area contributed by atoms with Crippen molar-refractivity contribution in [3.05, 3.63) is 113 Å². The number of likely N-dealkylation sites (N-methyl/N-ethyl adjacent to an activating group) is 1. The molecule has 2 amide bonds. The molecule has 48 heavy (non-hydrogen) atoms. The van der Waals surface area contributed by atoms with Crippen LogP contribution >= 0.6 is 15.9 Å². The number of sulfonamides is 1. The second kappa shape index (κ2) is 17.0. The number of carbonyl (C=O) groups excluding carboxylic acids is 2. The van der Waals surface area contributed by atoms with Crippen LogP contribution in [0.25, 0.3) is 0 Å². The average molecular weight is 739 g/mol. The zero-order valence-electron chi connectivity index (χ0n) is 27.4. The topological polar surface area (TPSA) is 114 Å². The van der Waals surface area contributed by atoms with Crippen LogP contribution in [0, 0.1) is 0 Å². The fourth-order valence-corrected chi connectivity index (χ4v) is 6.84. The molecule has 1 N–H and O–H groups in total. The first-order valence-corrected chi connectivity index (χ1v) is 17.7. The second-order valence-corrected chi connectivity index (χ2v) is 13.5. The molecule has 4 aromatic rings. The molecule has 12 heteroatoms. The summed E-state index contributed by atoms with van der Waals surface area (Å²) in [5.74, 6) is 0.205. The molecule has 254 valence electrons. The molecule has 0 spiro atoms. The molecular formula is C36H40BrN3O7S. The van der Waals surface area contributed by atoms with Crippen LogP contribution in [-0.2, 0) is 32.6 Å². The quantitative estimate of drug-likeness (QED) is 0.154. The number of nitrogens with one attached hydrogen (secondary N) is 1. The molecule has 0 unspecified atom stereocenters. The molecule has 0 aliphatic carbocycles. The molecule has 0 aliphatic heterocycles. The number of hydrogen-bond donors (Lipinski definition) is 1. The van der Waals surface area contributed by atoms with Crippen LogP contribution in [0.4, 0.5) is 5.69 Å². The van der Waals surface area contributed by atoms with Gasteiger partial charge >= 0.3 is 0 Å². The normalized spacial score (nSPS) is 11.7. The number of benzene rings is 4. The van der Waals surface area contributed by atoms with Crippen LogP contribution < -0.4 is 23.8 Å². The number of ether oxygens (including phenoxy) is 3. The summed E-state index contributed by atoms with van der Waals surface area (Å²) in [5.41, 5.74) is 1.86. The standard InChI is InChI=1S/C36H40BrN3O7S/c1-5-38-36(42)32(22-26-10-8-7-9-11-26)39(24-27-12-14-28(37)15-13-27)35(41)25-40(29-16-18-30(19-17-29)47-6-2)48(43,44)31-20-21-33(45-3)34(23-31)46-4/h7-21,23,32H,5-6,22,24-25H2,1-4H3,(H,38,42)/t32-/m1/s1. The molecule has 0 heterocycles. The zero-order chi connectivity index (χ0) is 34.7. The Morgan fingerprint density at radius 1 is 0.833 bits per heavy atom. The van der Waals surface area contributed by atoms with Gasteiger partial charge in [0.2, 0.25) is 11.8 Å². The zero-order valence-corrected chi connectivity index (χ0v) is 29.8. The fourth-order valence-electron chi connectivity index (χ4n) is 5.14. The van der Waals surface area contributed by atoms with Crippen molar-refractivity contribution in [2.45, 2.75) is 37.8 Å². The smallest absolute Gasteiger partial charge is 0.264 e. The molecule has 0 saturated carbocycles. The third-order valence-electron chi connectivity index (χ3n) is 7.55. The molecule has 0 bridgehead atoms. The highest BCUT2D eigenvalue weighted by Crippen LogP contribution is 2.33. The molecule has 0 aliphatic rings. The van der Waals surface area contributed by atoms with Crippen LogP contribution in [0.15, 0.2) is 106 Å². The van der Waals surface area contributed by atoms with E-state index in [0.717, 1.165) is 19.9 Å². The Kier molecular flexibility index (Phi) is 12.9. The van der Waals surface area contributed by atoms with E-state index >= 15 is 0 Å². The van der Waals surface area contributed by atoms with Crippen LogP contribution in [0.2, 0.25) is 0 Å². The van der Waals surface area contributed by atoms with Crippen LogP contribution in [0.1, 0.15) is 25.0 Å². The van der Waals surface area contributed by atoms with E-state index in [1.807, 2.05) is 68.4 Å². The lowest BCUT2D eigenvalue weighted by molar-refractivity contribution is -0.140. The summed E-state index contributed by atoms with van der Waals surface area (Å²) in [6.07, 6.45) is 0.223. The maximum absolute atomic E-state index is 14.6. The summed E-state index contributed by atoms with van der Waals surface area (Å²) < 4.78 is 47.0. The van der Waals surface area contributed by atoms with Gasteiger partial charge in [-0.1, -0.05) is 58.4 Å². The first-order valence-electron chi connectivity index (χ1n) is 15.4. The fraction of sp³-hybridized carbons (Fsp3) is 0.278. The Morgan fingerprint density at radius 2 is 1.50 bits per heavy atom. The number of rotatable bonds is 16. The van der Waals surface area contributed by atoms with Gasteiger partial charge in [-0.15, -0.1) is 0 Å². The number of nitrogens with zero attached hydrogens (tertiary/aromatic N) is 2. The summed E-state index contributed by atoms with van der Waals surface area (Å²) in [7, 11) is -1.49. The minimum Gasteiger partial charge on any atom is -0.494 e. The third kappa shape index (κ3) is 9.07. The van der Waals surface area contributed by atoms with Crippen molar-refractivity contribution in [2.24, 2.45) is 0 Å². The Labute approximate surface area is 290 Å². The summed E-state index contributed by atoms with van der Waals surface area (Å²) in [4.78, 5) is 29.6. The molecule has 0 aromatic heterocycles. The molecule has 0 saturated heterocycles. The Bertz CT molecular complexity index is 1770. The van der Waals surface area contributed by atoms with Crippen molar-refractivity contribution in [3.63, 3.8) is 0 Å². The van der Waals surface area contributed by atoms with E-state index in [-0.39, 0.29) is 35.2 Å². The first kappa shape index (κ1) is 36.3. The third-order valence-corrected chi connectivity index (χ3v) is 9.84. The Balaban J connectivity index is 1.82. The average Bonchev–Trinajstić information content (AvgIpc) is 3.10. The van der Waals surface area contributed by atoms with Gasteiger partial charge in [-0.25, -0.2) is 8.42 Å². The number of halogens is 1. The molecule has 0 fully saturated rings.